The molecular formula is C16H15F3N2O. The Morgan fingerprint density at radius 3 is 2.73 bits per heavy atom. The molecule has 0 radical (unpaired) electrons. The Kier molecular flexibility index (Phi) is 3.68. The van der Waals surface area contributed by atoms with Crippen molar-refractivity contribution in [1.29, 1.82) is 0 Å². The number of ether oxygens (including phenoxy) is 1. The zero-order chi connectivity index (χ0) is 15.7. The van der Waals surface area contributed by atoms with Gasteiger partial charge in [-0.1, -0.05) is 6.07 Å². The monoisotopic (exact) mass is 308 g/mol. The number of rotatable bonds is 2. The third-order valence-corrected chi connectivity index (χ3v) is 3.78. The van der Waals surface area contributed by atoms with E-state index in [1.807, 2.05) is 13.0 Å². The SMILES string of the molecule is Cc1ccncc1N1CCc2ccc(OC(F)(F)F)cc2C1. The minimum absolute atomic E-state index is 0.170. The van der Waals surface area contributed by atoms with E-state index in [2.05, 4.69) is 14.6 Å². The molecule has 0 spiro atoms. The third kappa shape index (κ3) is 3.16. The second kappa shape index (κ2) is 5.51. The second-order valence-electron chi connectivity index (χ2n) is 5.31. The van der Waals surface area contributed by atoms with Crippen molar-refractivity contribution in [3.63, 3.8) is 0 Å². The third-order valence-electron chi connectivity index (χ3n) is 3.78. The molecule has 0 saturated carbocycles. The predicted octanol–water partition coefficient (Wildman–Crippen LogP) is 3.85. The lowest BCUT2D eigenvalue weighted by Gasteiger charge is -2.31. The van der Waals surface area contributed by atoms with Gasteiger partial charge < -0.3 is 9.64 Å². The average molecular weight is 308 g/mol. The summed E-state index contributed by atoms with van der Waals surface area (Å²) in [6.45, 7) is 3.37. The first kappa shape index (κ1) is 14.7. The molecule has 3 nitrogen and oxygen atoms in total. The number of alkyl halides is 3. The van der Waals surface area contributed by atoms with E-state index in [9.17, 15) is 13.2 Å². The van der Waals surface area contributed by atoms with Crippen LogP contribution in [0.25, 0.3) is 0 Å². The first-order valence-electron chi connectivity index (χ1n) is 6.95. The molecule has 116 valence electrons. The van der Waals surface area contributed by atoms with Crippen LogP contribution in [0.15, 0.2) is 36.7 Å². The van der Waals surface area contributed by atoms with Crippen molar-refractivity contribution in [2.45, 2.75) is 26.3 Å². The number of halogens is 3. The number of aryl methyl sites for hydroxylation is 1. The summed E-state index contributed by atoms with van der Waals surface area (Å²) < 4.78 is 41.0. The Labute approximate surface area is 126 Å². The van der Waals surface area contributed by atoms with Crippen molar-refractivity contribution in [2.24, 2.45) is 0 Å². The molecule has 1 aromatic heterocycles. The van der Waals surface area contributed by atoms with Gasteiger partial charge >= 0.3 is 6.36 Å². The Bertz CT molecular complexity index is 685. The molecule has 0 amide bonds. The Morgan fingerprint density at radius 2 is 2.00 bits per heavy atom. The van der Waals surface area contributed by atoms with Crippen LogP contribution in [-0.2, 0) is 13.0 Å². The lowest BCUT2D eigenvalue weighted by atomic mass is 9.98. The van der Waals surface area contributed by atoms with Gasteiger partial charge in [0.2, 0.25) is 0 Å². The van der Waals surface area contributed by atoms with E-state index in [0.29, 0.717) is 6.54 Å². The van der Waals surface area contributed by atoms with Crippen LogP contribution in [0, 0.1) is 6.92 Å². The number of aromatic nitrogens is 1. The lowest BCUT2D eigenvalue weighted by Crippen LogP contribution is -2.31. The van der Waals surface area contributed by atoms with E-state index in [4.69, 9.17) is 0 Å². The molecular weight excluding hydrogens is 293 g/mol. The number of hydrogen-bond acceptors (Lipinski definition) is 3. The van der Waals surface area contributed by atoms with Gasteiger partial charge in [0.05, 0.1) is 11.9 Å². The summed E-state index contributed by atoms with van der Waals surface area (Å²) in [7, 11) is 0. The number of fused-ring (bicyclic) bond motifs is 1. The summed E-state index contributed by atoms with van der Waals surface area (Å²) in [6, 6.07) is 6.48. The molecule has 0 bridgehead atoms. The van der Waals surface area contributed by atoms with Crippen LogP contribution in [0.3, 0.4) is 0 Å². The minimum Gasteiger partial charge on any atom is -0.406 e. The van der Waals surface area contributed by atoms with Crippen LogP contribution in [0.5, 0.6) is 5.75 Å². The highest BCUT2D eigenvalue weighted by atomic mass is 19.4. The maximum absolute atomic E-state index is 12.3. The predicted molar refractivity (Wildman–Crippen MR) is 76.9 cm³/mol. The molecule has 0 atom stereocenters. The van der Waals surface area contributed by atoms with Gasteiger partial charge in [0.25, 0.3) is 0 Å². The molecule has 1 aliphatic rings. The van der Waals surface area contributed by atoms with Crippen LogP contribution < -0.4 is 9.64 Å². The van der Waals surface area contributed by atoms with Crippen molar-refractivity contribution in [3.8, 4) is 5.75 Å². The first-order valence-corrected chi connectivity index (χ1v) is 6.95. The molecule has 3 rings (SSSR count). The van der Waals surface area contributed by atoms with Gasteiger partial charge in [0.1, 0.15) is 5.75 Å². The summed E-state index contributed by atoms with van der Waals surface area (Å²) >= 11 is 0. The molecule has 22 heavy (non-hydrogen) atoms. The van der Waals surface area contributed by atoms with E-state index in [1.54, 1.807) is 18.5 Å². The maximum atomic E-state index is 12.3. The van der Waals surface area contributed by atoms with Gasteiger partial charge in [-0.25, -0.2) is 0 Å². The van der Waals surface area contributed by atoms with Crippen LogP contribution >= 0.6 is 0 Å². The normalized spacial score (nSPS) is 14.6. The number of nitrogens with zero attached hydrogens (tertiary/aromatic N) is 2. The van der Waals surface area contributed by atoms with E-state index < -0.39 is 6.36 Å². The molecule has 0 fully saturated rings. The average Bonchev–Trinajstić information content (AvgIpc) is 2.45. The first-order chi connectivity index (χ1) is 10.4. The molecule has 0 N–H and O–H groups in total. The summed E-state index contributed by atoms with van der Waals surface area (Å²) in [4.78, 5) is 6.25. The van der Waals surface area contributed by atoms with Gasteiger partial charge in [0, 0.05) is 19.3 Å². The summed E-state index contributed by atoms with van der Waals surface area (Å²) in [6.07, 6.45) is -0.360. The second-order valence-corrected chi connectivity index (χ2v) is 5.31. The standard InChI is InChI=1S/C16H15F3N2O/c1-11-4-6-20-9-15(11)21-7-5-12-2-3-14(8-13(12)10-21)22-16(17,18)19/h2-4,6,8-9H,5,7,10H2,1H3. The maximum Gasteiger partial charge on any atom is 0.573 e. The van der Waals surface area contributed by atoms with Crippen LogP contribution in [0.4, 0.5) is 18.9 Å². The van der Waals surface area contributed by atoms with Crippen LogP contribution in [0.2, 0.25) is 0 Å². The highest BCUT2D eigenvalue weighted by Gasteiger charge is 2.31. The minimum atomic E-state index is -4.66. The highest BCUT2D eigenvalue weighted by molar-refractivity contribution is 5.53. The van der Waals surface area contributed by atoms with Gasteiger partial charge in [-0.2, -0.15) is 0 Å². The van der Waals surface area contributed by atoms with Crippen molar-refractivity contribution in [3.05, 3.63) is 53.3 Å². The van der Waals surface area contributed by atoms with E-state index >= 15 is 0 Å². The van der Waals surface area contributed by atoms with Crippen molar-refractivity contribution < 1.29 is 17.9 Å². The van der Waals surface area contributed by atoms with Gasteiger partial charge in [-0.3, -0.25) is 4.98 Å². The summed E-state index contributed by atoms with van der Waals surface area (Å²) in [5, 5.41) is 0. The fraction of sp³-hybridized carbons (Fsp3) is 0.312. The summed E-state index contributed by atoms with van der Waals surface area (Å²) in [5.74, 6) is -0.170. The fourth-order valence-corrected chi connectivity index (χ4v) is 2.72. The highest BCUT2D eigenvalue weighted by Crippen LogP contribution is 2.30. The number of anilines is 1. The number of benzene rings is 1. The number of hydrogen-bond donors (Lipinski definition) is 0. The summed E-state index contributed by atoms with van der Waals surface area (Å²) in [5.41, 5.74) is 4.03. The Morgan fingerprint density at radius 1 is 1.18 bits per heavy atom. The Balaban J connectivity index is 1.85. The topological polar surface area (TPSA) is 25.4 Å². The van der Waals surface area contributed by atoms with Gasteiger partial charge in [0.15, 0.2) is 0 Å². The van der Waals surface area contributed by atoms with E-state index in [-0.39, 0.29) is 5.75 Å². The van der Waals surface area contributed by atoms with Crippen LogP contribution in [0.1, 0.15) is 16.7 Å². The zero-order valence-electron chi connectivity index (χ0n) is 12.0. The van der Waals surface area contributed by atoms with E-state index in [0.717, 1.165) is 35.3 Å². The molecule has 0 aliphatic carbocycles. The van der Waals surface area contributed by atoms with Crippen molar-refractivity contribution in [1.82, 2.24) is 4.98 Å². The molecule has 2 heterocycles. The van der Waals surface area contributed by atoms with E-state index in [1.165, 1.54) is 12.1 Å². The molecule has 2 aromatic rings. The quantitative estimate of drug-likeness (QED) is 0.842. The van der Waals surface area contributed by atoms with Crippen molar-refractivity contribution in [2.75, 3.05) is 11.4 Å². The van der Waals surface area contributed by atoms with Gasteiger partial charge in [-0.05, 0) is 48.2 Å². The van der Waals surface area contributed by atoms with Gasteiger partial charge in [-0.15, -0.1) is 13.2 Å². The van der Waals surface area contributed by atoms with Crippen LogP contribution in [-0.4, -0.2) is 17.9 Å². The lowest BCUT2D eigenvalue weighted by molar-refractivity contribution is -0.274. The van der Waals surface area contributed by atoms with Crippen molar-refractivity contribution >= 4 is 5.69 Å². The number of pyridine rings is 1. The smallest absolute Gasteiger partial charge is 0.406 e. The fourth-order valence-electron chi connectivity index (χ4n) is 2.72. The molecule has 6 heteroatoms. The molecule has 1 aromatic carbocycles. The zero-order valence-corrected chi connectivity index (χ0v) is 12.0. The molecule has 0 unspecified atom stereocenters. The largest absolute Gasteiger partial charge is 0.573 e. The molecule has 1 aliphatic heterocycles. The Hall–Kier alpha value is -2.24. The molecule has 0 saturated heterocycles.